The Labute approximate surface area is 127 Å². The maximum atomic E-state index is 12.5. The fourth-order valence-electron chi connectivity index (χ4n) is 3.95. The molecule has 3 atom stereocenters. The van der Waals surface area contributed by atoms with Gasteiger partial charge in [-0.1, -0.05) is 18.6 Å². The van der Waals surface area contributed by atoms with Crippen molar-refractivity contribution in [2.75, 3.05) is 20.2 Å². The van der Waals surface area contributed by atoms with E-state index >= 15 is 0 Å². The summed E-state index contributed by atoms with van der Waals surface area (Å²) in [5.74, 6) is 2.97. The number of rotatable bonds is 5. The summed E-state index contributed by atoms with van der Waals surface area (Å²) in [6.45, 7) is 3.28. The van der Waals surface area contributed by atoms with E-state index < -0.39 is 0 Å². The number of carbonyl (C=O) groups is 1. The zero-order valence-electron chi connectivity index (χ0n) is 13.0. The van der Waals surface area contributed by atoms with Gasteiger partial charge in [-0.2, -0.15) is 0 Å². The van der Waals surface area contributed by atoms with E-state index in [0.717, 1.165) is 18.1 Å². The summed E-state index contributed by atoms with van der Waals surface area (Å²) >= 11 is 0. The van der Waals surface area contributed by atoms with E-state index in [0.29, 0.717) is 25.0 Å². The first-order chi connectivity index (χ1) is 10.1. The molecule has 1 aromatic carbocycles. The third-order valence-electron chi connectivity index (χ3n) is 5.12. The van der Waals surface area contributed by atoms with Crippen molar-refractivity contribution in [1.82, 2.24) is 4.90 Å². The van der Waals surface area contributed by atoms with Crippen molar-refractivity contribution < 1.29 is 9.53 Å². The highest BCUT2D eigenvalue weighted by atomic mass is 16.5. The minimum absolute atomic E-state index is 0.285. The summed E-state index contributed by atoms with van der Waals surface area (Å²) in [6.07, 6.45) is 5.00. The van der Waals surface area contributed by atoms with Gasteiger partial charge < -0.3 is 9.64 Å². The normalized spacial score (nSPS) is 26.9. The van der Waals surface area contributed by atoms with E-state index in [1.54, 1.807) is 0 Å². The Hall–Kier alpha value is -1.51. The topological polar surface area (TPSA) is 29.5 Å². The average Bonchev–Trinajstić information content (AvgIpc) is 3.09. The molecule has 2 aliphatic carbocycles. The van der Waals surface area contributed by atoms with Crippen LogP contribution in [0.15, 0.2) is 24.3 Å². The minimum atomic E-state index is 0.285. The quantitative estimate of drug-likeness (QED) is 0.832. The lowest BCUT2D eigenvalue weighted by atomic mass is 9.88. The van der Waals surface area contributed by atoms with E-state index in [9.17, 15) is 4.79 Å². The van der Waals surface area contributed by atoms with Crippen LogP contribution in [-0.4, -0.2) is 31.0 Å². The molecule has 2 bridgehead atoms. The number of likely N-dealkylation sites (N-methyl/N-ethyl adjacent to an activating group) is 1. The Balaban J connectivity index is 1.46. The van der Waals surface area contributed by atoms with Crippen molar-refractivity contribution in [3.05, 3.63) is 29.8 Å². The number of fused-ring (bicyclic) bond motifs is 2. The summed E-state index contributed by atoms with van der Waals surface area (Å²) in [6, 6.07) is 8.04. The number of ether oxygens (including phenoxy) is 1. The van der Waals surface area contributed by atoms with Gasteiger partial charge in [0.05, 0.1) is 6.54 Å². The Bertz CT molecular complexity index is 514. The van der Waals surface area contributed by atoms with Crippen molar-refractivity contribution >= 4 is 5.91 Å². The van der Waals surface area contributed by atoms with Gasteiger partial charge in [0.2, 0.25) is 5.91 Å². The van der Waals surface area contributed by atoms with Gasteiger partial charge >= 0.3 is 0 Å². The summed E-state index contributed by atoms with van der Waals surface area (Å²) < 4.78 is 5.74. The van der Waals surface area contributed by atoms with E-state index in [2.05, 4.69) is 13.0 Å². The third-order valence-corrected chi connectivity index (χ3v) is 5.12. The van der Waals surface area contributed by atoms with Gasteiger partial charge in [-0.15, -0.1) is 0 Å². The number of carbonyl (C=O) groups excluding carboxylic acids is 1. The summed E-state index contributed by atoms with van der Waals surface area (Å²) in [5, 5.41) is 0. The van der Waals surface area contributed by atoms with Gasteiger partial charge in [-0.25, -0.2) is 0 Å². The monoisotopic (exact) mass is 287 g/mol. The van der Waals surface area contributed by atoms with Crippen LogP contribution < -0.4 is 4.74 Å². The smallest absolute Gasteiger partial charge is 0.225 e. The largest absolute Gasteiger partial charge is 0.492 e. The van der Waals surface area contributed by atoms with Crippen LogP contribution in [0.5, 0.6) is 5.75 Å². The number of amides is 1. The average molecular weight is 287 g/mol. The molecule has 3 nitrogen and oxygen atoms in total. The molecule has 1 aromatic rings. The van der Waals surface area contributed by atoms with Crippen LogP contribution in [0.4, 0.5) is 0 Å². The molecule has 114 valence electrons. The molecule has 21 heavy (non-hydrogen) atoms. The predicted octanol–water partition coefficient (Wildman–Crippen LogP) is 3.27. The Morgan fingerprint density at radius 2 is 2.19 bits per heavy atom. The molecule has 1 amide bonds. The molecule has 2 saturated carbocycles. The highest BCUT2D eigenvalue weighted by molar-refractivity contribution is 5.79. The first-order valence-electron chi connectivity index (χ1n) is 8.08. The molecule has 0 aromatic heterocycles. The van der Waals surface area contributed by atoms with Gasteiger partial charge in [0.25, 0.3) is 0 Å². The third kappa shape index (κ3) is 3.22. The number of nitrogens with zero attached hydrogens (tertiary/aromatic N) is 1. The zero-order valence-corrected chi connectivity index (χ0v) is 13.0. The number of benzene rings is 1. The van der Waals surface area contributed by atoms with Crippen LogP contribution in [0, 0.1) is 24.7 Å². The molecule has 2 aliphatic rings. The minimum Gasteiger partial charge on any atom is -0.492 e. The Morgan fingerprint density at radius 1 is 1.33 bits per heavy atom. The lowest BCUT2D eigenvalue weighted by Gasteiger charge is -2.26. The van der Waals surface area contributed by atoms with Crippen molar-refractivity contribution in [1.29, 1.82) is 0 Å². The van der Waals surface area contributed by atoms with Crippen LogP contribution in [0.2, 0.25) is 0 Å². The first-order valence-corrected chi connectivity index (χ1v) is 8.08. The maximum Gasteiger partial charge on any atom is 0.225 e. The van der Waals surface area contributed by atoms with Crippen molar-refractivity contribution in [2.24, 2.45) is 17.8 Å². The van der Waals surface area contributed by atoms with Gasteiger partial charge in [-0.3, -0.25) is 4.79 Å². The summed E-state index contributed by atoms with van der Waals surface area (Å²) in [5.41, 5.74) is 1.19. The summed E-state index contributed by atoms with van der Waals surface area (Å²) in [4.78, 5) is 14.4. The molecule has 0 N–H and O–H groups in total. The van der Waals surface area contributed by atoms with E-state index in [1.807, 2.05) is 30.1 Å². The van der Waals surface area contributed by atoms with Crippen LogP contribution >= 0.6 is 0 Å². The molecule has 0 aliphatic heterocycles. The predicted molar refractivity (Wildman–Crippen MR) is 83.2 cm³/mol. The van der Waals surface area contributed by atoms with E-state index in [-0.39, 0.29) is 5.92 Å². The molecule has 0 radical (unpaired) electrons. The molecule has 0 heterocycles. The molecule has 0 saturated heterocycles. The molecule has 3 unspecified atom stereocenters. The van der Waals surface area contributed by atoms with Crippen molar-refractivity contribution in [2.45, 2.75) is 32.6 Å². The second kappa shape index (κ2) is 6.08. The highest BCUT2D eigenvalue weighted by Gasteiger charge is 2.43. The van der Waals surface area contributed by atoms with E-state index in [1.165, 1.54) is 24.8 Å². The maximum absolute atomic E-state index is 12.5. The molecule has 0 spiro atoms. The van der Waals surface area contributed by atoms with Crippen molar-refractivity contribution in [3.63, 3.8) is 0 Å². The highest BCUT2D eigenvalue weighted by Crippen LogP contribution is 2.48. The molecular formula is C18H25NO2. The second-order valence-corrected chi connectivity index (χ2v) is 6.71. The van der Waals surface area contributed by atoms with Gasteiger partial charge in [0, 0.05) is 13.0 Å². The number of hydrogen-bond donors (Lipinski definition) is 0. The van der Waals surface area contributed by atoms with Crippen LogP contribution in [0.3, 0.4) is 0 Å². The van der Waals surface area contributed by atoms with Crippen LogP contribution in [-0.2, 0) is 4.79 Å². The van der Waals surface area contributed by atoms with Crippen molar-refractivity contribution in [3.8, 4) is 5.75 Å². The van der Waals surface area contributed by atoms with Gasteiger partial charge in [0.1, 0.15) is 12.4 Å². The lowest BCUT2D eigenvalue weighted by molar-refractivity contribution is -0.136. The summed E-state index contributed by atoms with van der Waals surface area (Å²) in [7, 11) is 1.91. The SMILES string of the molecule is Cc1cccc(OCCN(C)C(=O)C2CC3CCC2C3)c1. The number of hydrogen-bond acceptors (Lipinski definition) is 2. The van der Waals surface area contributed by atoms with E-state index in [4.69, 9.17) is 4.74 Å². The molecular weight excluding hydrogens is 262 g/mol. The molecule has 2 fully saturated rings. The fourth-order valence-corrected chi connectivity index (χ4v) is 3.95. The fraction of sp³-hybridized carbons (Fsp3) is 0.611. The molecule has 3 rings (SSSR count). The molecule has 3 heteroatoms. The zero-order chi connectivity index (χ0) is 14.8. The van der Waals surface area contributed by atoms with Crippen LogP contribution in [0.1, 0.15) is 31.2 Å². The second-order valence-electron chi connectivity index (χ2n) is 6.71. The Kier molecular flexibility index (Phi) is 4.18. The van der Waals surface area contributed by atoms with Gasteiger partial charge in [-0.05, 0) is 55.7 Å². The lowest BCUT2D eigenvalue weighted by Crippen LogP contribution is -2.37. The van der Waals surface area contributed by atoms with Gasteiger partial charge in [0.15, 0.2) is 0 Å². The standard InChI is InChI=1S/C18H25NO2/c1-13-4-3-5-16(10-13)21-9-8-19(2)18(20)17-12-14-6-7-15(17)11-14/h3-5,10,14-15,17H,6-9,11-12H2,1-2H3. The first kappa shape index (κ1) is 14.4. The van der Waals surface area contributed by atoms with Crippen LogP contribution in [0.25, 0.3) is 0 Å². The Morgan fingerprint density at radius 3 is 2.86 bits per heavy atom. The number of aryl methyl sites for hydroxylation is 1.